The van der Waals surface area contributed by atoms with E-state index in [0.717, 1.165) is 6.42 Å². The van der Waals surface area contributed by atoms with Crippen LogP contribution in [0.5, 0.6) is 5.75 Å². The fourth-order valence-corrected chi connectivity index (χ4v) is 1.85. The molecule has 0 saturated carbocycles. The molecule has 0 saturated heterocycles. The second-order valence-electron chi connectivity index (χ2n) is 5.51. The Hall–Kier alpha value is -1.75. The average Bonchev–Trinajstić information content (AvgIpc) is 2.38. The fourth-order valence-electron chi connectivity index (χ4n) is 1.69. The van der Waals surface area contributed by atoms with E-state index in [2.05, 4.69) is 0 Å². The molecule has 1 aromatic rings. The summed E-state index contributed by atoms with van der Waals surface area (Å²) in [6, 6.07) is 2.93. The summed E-state index contributed by atoms with van der Waals surface area (Å²) in [5, 5.41) is 9.36. The molecule has 1 aromatic carbocycles. The molecule has 0 atom stereocenters. The van der Waals surface area contributed by atoms with Crippen LogP contribution in [0, 0.1) is 5.41 Å². The van der Waals surface area contributed by atoms with E-state index in [0.29, 0.717) is 18.0 Å². The molecule has 0 aliphatic heterocycles. The summed E-state index contributed by atoms with van der Waals surface area (Å²) in [4.78, 5) is 23.5. The van der Waals surface area contributed by atoms with Crippen LogP contribution < -0.4 is 10.5 Å². The lowest BCUT2D eigenvalue weighted by Gasteiger charge is -2.19. The summed E-state index contributed by atoms with van der Waals surface area (Å²) in [5.74, 6) is -1.03. The molecule has 0 fully saturated rings. The molecule has 116 valence electrons. The van der Waals surface area contributed by atoms with Crippen LogP contribution in [0.4, 0.5) is 5.69 Å². The van der Waals surface area contributed by atoms with Crippen molar-refractivity contribution in [1.29, 1.82) is 0 Å². The number of nitrogen functional groups attached to an aromatic ring is 1. The van der Waals surface area contributed by atoms with Crippen LogP contribution in [-0.4, -0.2) is 23.5 Å². The number of carboxylic acids is 1. The van der Waals surface area contributed by atoms with Crippen LogP contribution in [0.1, 0.15) is 44.0 Å². The molecule has 0 heterocycles. The Balaban J connectivity index is 3.12. The quantitative estimate of drug-likeness (QED) is 0.595. The number of hydrogen-bond acceptors (Lipinski definition) is 4. The van der Waals surface area contributed by atoms with Crippen molar-refractivity contribution in [2.45, 2.75) is 33.6 Å². The van der Waals surface area contributed by atoms with Gasteiger partial charge in [0.1, 0.15) is 5.75 Å². The topological polar surface area (TPSA) is 89.6 Å². The lowest BCUT2D eigenvalue weighted by Crippen LogP contribution is -2.27. The van der Waals surface area contributed by atoms with Crippen LogP contribution in [0.15, 0.2) is 12.1 Å². The Kier molecular flexibility index (Phi) is 5.61. The number of nitrogens with two attached hydrogens (primary N) is 1. The second-order valence-corrected chi connectivity index (χ2v) is 5.91. The van der Waals surface area contributed by atoms with Gasteiger partial charge < -0.3 is 15.6 Å². The Bertz CT molecular complexity index is 555. The number of halogens is 1. The number of anilines is 1. The molecule has 0 unspecified atom stereocenters. The monoisotopic (exact) mass is 313 g/mol. The number of ketones is 1. The third kappa shape index (κ3) is 4.36. The highest BCUT2D eigenvalue weighted by atomic mass is 35.5. The number of carbonyl (C=O) groups is 2. The molecule has 6 heteroatoms. The normalized spacial score (nSPS) is 11.2. The van der Waals surface area contributed by atoms with Crippen molar-refractivity contribution in [1.82, 2.24) is 0 Å². The minimum Gasteiger partial charge on any atom is -0.493 e. The van der Waals surface area contributed by atoms with E-state index in [4.69, 9.17) is 27.2 Å². The van der Waals surface area contributed by atoms with Gasteiger partial charge in [0.05, 0.1) is 28.3 Å². The van der Waals surface area contributed by atoms with Gasteiger partial charge in [-0.25, -0.2) is 0 Å². The molecule has 0 bridgehead atoms. The highest BCUT2D eigenvalue weighted by molar-refractivity contribution is 6.33. The first kappa shape index (κ1) is 17.3. The van der Waals surface area contributed by atoms with Crippen molar-refractivity contribution in [2.75, 3.05) is 12.3 Å². The van der Waals surface area contributed by atoms with Gasteiger partial charge in [0.2, 0.25) is 0 Å². The smallest absolute Gasteiger partial charge is 0.309 e. The predicted molar refractivity (Wildman–Crippen MR) is 82.0 cm³/mol. The van der Waals surface area contributed by atoms with Gasteiger partial charge in [0, 0.05) is 12.5 Å². The van der Waals surface area contributed by atoms with Crippen LogP contribution in [0.3, 0.4) is 0 Å². The highest BCUT2D eigenvalue weighted by Crippen LogP contribution is 2.32. The molecule has 0 amide bonds. The lowest BCUT2D eigenvalue weighted by atomic mass is 9.85. The first-order valence-corrected chi connectivity index (χ1v) is 7.05. The summed E-state index contributed by atoms with van der Waals surface area (Å²) in [6.45, 7) is 5.37. The standard InChI is InChI=1S/C15H20ClNO4/c1-4-5-21-13-7-11(17)10(16)6-9(13)12(18)8-15(2,3)14(19)20/h6-7H,4-5,8,17H2,1-3H3,(H,19,20). The molecule has 21 heavy (non-hydrogen) atoms. The van der Waals surface area contributed by atoms with Gasteiger partial charge in [0.15, 0.2) is 5.78 Å². The third-order valence-corrected chi connectivity index (χ3v) is 3.37. The number of rotatable bonds is 7. The van der Waals surface area contributed by atoms with Gasteiger partial charge in [-0.1, -0.05) is 18.5 Å². The predicted octanol–water partition coefficient (Wildman–Crippen LogP) is 3.39. The Morgan fingerprint density at radius 2 is 2.00 bits per heavy atom. The Labute approximate surface area is 129 Å². The van der Waals surface area contributed by atoms with Crippen molar-refractivity contribution >= 4 is 29.0 Å². The van der Waals surface area contributed by atoms with Crippen molar-refractivity contribution < 1.29 is 19.4 Å². The van der Waals surface area contributed by atoms with E-state index < -0.39 is 11.4 Å². The number of hydrogen-bond donors (Lipinski definition) is 2. The first-order valence-electron chi connectivity index (χ1n) is 6.67. The second kappa shape index (κ2) is 6.80. The number of ether oxygens (including phenoxy) is 1. The van der Waals surface area contributed by atoms with E-state index in [9.17, 15) is 9.59 Å². The Morgan fingerprint density at radius 3 is 2.52 bits per heavy atom. The largest absolute Gasteiger partial charge is 0.493 e. The zero-order valence-corrected chi connectivity index (χ0v) is 13.2. The third-order valence-electron chi connectivity index (χ3n) is 3.04. The van der Waals surface area contributed by atoms with E-state index in [-0.39, 0.29) is 22.8 Å². The lowest BCUT2D eigenvalue weighted by molar-refractivity contribution is -0.146. The average molecular weight is 314 g/mol. The summed E-state index contributed by atoms with van der Waals surface area (Å²) >= 11 is 5.95. The summed E-state index contributed by atoms with van der Waals surface area (Å²) in [5.41, 5.74) is 5.14. The van der Waals surface area contributed by atoms with Gasteiger partial charge in [0.25, 0.3) is 0 Å². The molecule has 3 N–H and O–H groups in total. The van der Waals surface area contributed by atoms with Gasteiger partial charge in [-0.15, -0.1) is 0 Å². The SMILES string of the molecule is CCCOc1cc(N)c(Cl)cc1C(=O)CC(C)(C)C(=O)O. The van der Waals surface area contributed by atoms with Crippen LogP contribution in [-0.2, 0) is 4.79 Å². The molecule has 0 radical (unpaired) electrons. The van der Waals surface area contributed by atoms with Crippen LogP contribution >= 0.6 is 11.6 Å². The van der Waals surface area contributed by atoms with Crippen molar-refractivity contribution in [3.63, 3.8) is 0 Å². The van der Waals surface area contributed by atoms with Crippen molar-refractivity contribution in [2.24, 2.45) is 5.41 Å². The molecule has 1 rings (SSSR count). The number of carboxylic acid groups (broad SMARTS) is 1. The van der Waals surface area contributed by atoms with Crippen molar-refractivity contribution in [3.8, 4) is 5.75 Å². The number of carbonyl (C=O) groups excluding carboxylic acids is 1. The minimum absolute atomic E-state index is 0.148. The highest BCUT2D eigenvalue weighted by Gasteiger charge is 2.31. The van der Waals surface area contributed by atoms with E-state index in [1.165, 1.54) is 26.0 Å². The van der Waals surface area contributed by atoms with E-state index in [1.807, 2.05) is 6.92 Å². The first-order chi connectivity index (χ1) is 9.69. The number of benzene rings is 1. The van der Waals surface area contributed by atoms with Gasteiger partial charge in [-0.05, 0) is 26.3 Å². The summed E-state index contributed by atoms with van der Waals surface area (Å²) in [6.07, 6.45) is 0.627. The minimum atomic E-state index is -1.16. The fraction of sp³-hybridized carbons (Fsp3) is 0.467. The summed E-state index contributed by atoms with van der Waals surface area (Å²) in [7, 11) is 0. The number of aliphatic carboxylic acids is 1. The van der Waals surface area contributed by atoms with E-state index >= 15 is 0 Å². The molecule has 0 spiro atoms. The number of Topliss-reactive ketones (excluding diaryl/α,β-unsaturated/α-hetero) is 1. The van der Waals surface area contributed by atoms with E-state index in [1.54, 1.807) is 0 Å². The maximum absolute atomic E-state index is 12.4. The molecular formula is C15H20ClNO4. The Morgan fingerprint density at radius 1 is 1.38 bits per heavy atom. The maximum atomic E-state index is 12.4. The van der Waals surface area contributed by atoms with Crippen LogP contribution in [0.2, 0.25) is 5.02 Å². The van der Waals surface area contributed by atoms with Crippen molar-refractivity contribution in [3.05, 3.63) is 22.7 Å². The van der Waals surface area contributed by atoms with Gasteiger partial charge in [-0.3, -0.25) is 9.59 Å². The molecule has 0 aromatic heterocycles. The maximum Gasteiger partial charge on any atom is 0.309 e. The van der Waals surface area contributed by atoms with Crippen LogP contribution in [0.25, 0.3) is 0 Å². The molecule has 5 nitrogen and oxygen atoms in total. The summed E-state index contributed by atoms with van der Waals surface area (Å²) < 4.78 is 5.51. The molecular weight excluding hydrogens is 294 g/mol. The van der Waals surface area contributed by atoms with Gasteiger partial charge in [-0.2, -0.15) is 0 Å². The zero-order chi connectivity index (χ0) is 16.2. The molecule has 0 aliphatic rings. The zero-order valence-electron chi connectivity index (χ0n) is 12.4. The molecule has 0 aliphatic carbocycles. The van der Waals surface area contributed by atoms with Gasteiger partial charge >= 0.3 is 5.97 Å².